The lowest BCUT2D eigenvalue weighted by molar-refractivity contribution is -0.150. The van der Waals surface area contributed by atoms with Crippen LogP contribution >= 0.6 is 0 Å². The normalized spacial score (nSPS) is 28.7. The molecule has 0 aromatic rings. The molecule has 1 saturated carbocycles. The fourth-order valence-electron chi connectivity index (χ4n) is 2.73. The zero-order chi connectivity index (χ0) is 13.3. The predicted octanol–water partition coefficient (Wildman–Crippen LogP) is 1.78. The van der Waals surface area contributed by atoms with E-state index in [1.54, 1.807) is 16.7 Å². The van der Waals surface area contributed by atoms with Crippen molar-refractivity contribution in [3.63, 3.8) is 0 Å². The Hall–Kier alpha value is -1.26. The second kappa shape index (κ2) is 4.78. The van der Waals surface area contributed by atoms with Gasteiger partial charge in [0.15, 0.2) is 0 Å². The summed E-state index contributed by atoms with van der Waals surface area (Å²) < 4.78 is 0. The fraction of sp³-hybridized carbons (Fsp3) is 0.846. The third-order valence-electron chi connectivity index (χ3n) is 4.41. The molecule has 2 aliphatic rings. The maximum absolute atomic E-state index is 12.3. The smallest absolute Gasteiger partial charge is 0.320 e. The molecule has 5 nitrogen and oxygen atoms in total. The molecule has 2 amide bonds. The van der Waals surface area contributed by atoms with Gasteiger partial charge in [-0.25, -0.2) is 4.79 Å². The zero-order valence-corrected chi connectivity index (χ0v) is 11.2. The van der Waals surface area contributed by atoms with Gasteiger partial charge in [-0.2, -0.15) is 0 Å². The largest absolute Gasteiger partial charge is 0.481 e. The van der Waals surface area contributed by atoms with Crippen LogP contribution in [0.2, 0.25) is 0 Å². The number of hydrogen-bond donors (Lipinski definition) is 1. The Bertz CT molecular complexity index is 354. The van der Waals surface area contributed by atoms with E-state index >= 15 is 0 Å². The maximum Gasteiger partial charge on any atom is 0.320 e. The second-order valence-corrected chi connectivity index (χ2v) is 5.87. The fourth-order valence-corrected chi connectivity index (χ4v) is 2.73. The van der Waals surface area contributed by atoms with Crippen molar-refractivity contribution < 1.29 is 14.7 Å². The molecule has 2 fully saturated rings. The summed E-state index contributed by atoms with van der Waals surface area (Å²) in [6.07, 6.45) is 4.76. The van der Waals surface area contributed by atoms with Gasteiger partial charge in [-0.15, -0.1) is 0 Å². The van der Waals surface area contributed by atoms with E-state index in [1.807, 2.05) is 7.05 Å². The number of hydrogen-bond acceptors (Lipinski definition) is 2. The lowest BCUT2D eigenvalue weighted by atomic mass is 9.82. The zero-order valence-electron chi connectivity index (χ0n) is 11.2. The van der Waals surface area contributed by atoms with Gasteiger partial charge in [0, 0.05) is 26.2 Å². The number of carboxylic acids is 1. The Morgan fingerprint density at radius 1 is 1.33 bits per heavy atom. The second-order valence-electron chi connectivity index (χ2n) is 5.87. The van der Waals surface area contributed by atoms with Gasteiger partial charge in [-0.1, -0.05) is 0 Å². The quantitative estimate of drug-likeness (QED) is 0.817. The molecule has 2 rings (SSSR count). The number of nitrogens with zero attached hydrogens (tertiary/aromatic N) is 2. The van der Waals surface area contributed by atoms with Gasteiger partial charge in [0.25, 0.3) is 0 Å². The lowest BCUT2D eigenvalue weighted by Crippen LogP contribution is -2.54. The van der Waals surface area contributed by atoms with Crippen molar-refractivity contribution >= 4 is 12.0 Å². The number of piperidine rings is 1. The molecule has 0 aromatic carbocycles. The number of likely N-dealkylation sites (tertiary alicyclic amines) is 1. The third kappa shape index (κ3) is 2.31. The number of aliphatic carboxylic acids is 1. The summed E-state index contributed by atoms with van der Waals surface area (Å²) in [6, 6.07) is 0.349. The Balaban J connectivity index is 1.99. The molecule has 0 aromatic heterocycles. The molecule has 18 heavy (non-hydrogen) atoms. The van der Waals surface area contributed by atoms with Crippen molar-refractivity contribution in [1.29, 1.82) is 0 Å². The van der Waals surface area contributed by atoms with Crippen LogP contribution < -0.4 is 0 Å². The Morgan fingerprint density at radius 3 is 2.50 bits per heavy atom. The first-order chi connectivity index (χ1) is 8.44. The SMILES string of the molecule is CN(C(=O)N1CCCC(C)(C(=O)O)C1)C1CCC1. The van der Waals surface area contributed by atoms with Gasteiger partial charge in [-0.3, -0.25) is 4.79 Å². The van der Waals surface area contributed by atoms with Crippen LogP contribution in [0.4, 0.5) is 4.79 Å². The van der Waals surface area contributed by atoms with Crippen molar-refractivity contribution in [3.8, 4) is 0 Å². The van der Waals surface area contributed by atoms with E-state index in [1.165, 1.54) is 6.42 Å². The summed E-state index contributed by atoms with van der Waals surface area (Å²) in [7, 11) is 1.83. The summed E-state index contributed by atoms with van der Waals surface area (Å²) in [4.78, 5) is 27.1. The molecule has 1 aliphatic carbocycles. The van der Waals surface area contributed by atoms with Gasteiger partial charge in [-0.05, 0) is 39.0 Å². The van der Waals surface area contributed by atoms with Crippen LogP contribution in [0.5, 0.6) is 0 Å². The molecule has 1 unspecified atom stereocenters. The molecule has 5 heteroatoms. The predicted molar refractivity (Wildman–Crippen MR) is 67.3 cm³/mol. The number of carboxylic acid groups (broad SMARTS) is 1. The molecular formula is C13H22N2O3. The van der Waals surface area contributed by atoms with Crippen LogP contribution in [0.25, 0.3) is 0 Å². The highest BCUT2D eigenvalue weighted by atomic mass is 16.4. The van der Waals surface area contributed by atoms with Crippen LogP contribution in [-0.4, -0.2) is 53.1 Å². The van der Waals surface area contributed by atoms with Gasteiger partial charge in [0.2, 0.25) is 0 Å². The van der Waals surface area contributed by atoms with Crippen molar-refractivity contribution in [2.75, 3.05) is 20.1 Å². The summed E-state index contributed by atoms with van der Waals surface area (Å²) in [5.74, 6) is -0.800. The highest BCUT2D eigenvalue weighted by Crippen LogP contribution is 2.31. The summed E-state index contributed by atoms with van der Waals surface area (Å²) in [6.45, 7) is 2.75. The van der Waals surface area contributed by atoms with Crippen molar-refractivity contribution in [3.05, 3.63) is 0 Å². The minimum absolute atomic E-state index is 0.00752. The Labute approximate surface area is 108 Å². The first-order valence-electron chi connectivity index (χ1n) is 6.69. The van der Waals surface area contributed by atoms with E-state index in [0.717, 1.165) is 19.3 Å². The molecule has 1 N–H and O–H groups in total. The number of carbonyl (C=O) groups is 2. The summed E-state index contributed by atoms with van der Waals surface area (Å²) in [5, 5.41) is 9.25. The Kier molecular flexibility index (Phi) is 3.50. The molecule has 1 heterocycles. The maximum atomic E-state index is 12.3. The van der Waals surface area contributed by atoms with E-state index in [4.69, 9.17) is 0 Å². The van der Waals surface area contributed by atoms with Crippen molar-refractivity contribution in [2.24, 2.45) is 5.41 Å². The van der Waals surface area contributed by atoms with Crippen LogP contribution in [0.3, 0.4) is 0 Å². The van der Waals surface area contributed by atoms with Crippen LogP contribution in [0.15, 0.2) is 0 Å². The van der Waals surface area contributed by atoms with Gasteiger partial charge in [0.1, 0.15) is 0 Å². The molecule has 102 valence electrons. The lowest BCUT2D eigenvalue weighted by Gasteiger charge is -2.42. The van der Waals surface area contributed by atoms with Crippen LogP contribution in [-0.2, 0) is 4.79 Å². The van der Waals surface area contributed by atoms with E-state index in [9.17, 15) is 14.7 Å². The minimum atomic E-state index is -0.800. The molecule has 0 bridgehead atoms. The molecule has 1 aliphatic heterocycles. The molecule has 0 spiro atoms. The molecule has 1 saturated heterocycles. The highest BCUT2D eigenvalue weighted by Gasteiger charge is 2.40. The first-order valence-corrected chi connectivity index (χ1v) is 6.69. The topological polar surface area (TPSA) is 60.9 Å². The van der Waals surface area contributed by atoms with Gasteiger partial charge >= 0.3 is 12.0 Å². The first kappa shape index (κ1) is 13.2. The Morgan fingerprint density at radius 2 is 2.00 bits per heavy atom. The summed E-state index contributed by atoms with van der Waals surface area (Å²) >= 11 is 0. The number of rotatable bonds is 2. The number of carbonyl (C=O) groups excluding carboxylic acids is 1. The average Bonchev–Trinajstić information content (AvgIpc) is 2.25. The van der Waals surface area contributed by atoms with Crippen LogP contribution in [0.1, 0.15) is 39.0 Å². The van der Waals surface area contributed by atoms with Crippen molar-refractivity contribution in [2.45, 2.75) is 45.1 Å². The van der Waals surface area contributed by atoms with Gasteiger partial charge in [0.05, 0.1) is 5.41 Å². The van der Waals surface area contributed by atoms with E-state index in [0.29, 0.717) is 25.6 Å². The number of urea groups is 1. The van der Waals surface area contributed by atoms with Crippen LogP contribution in [0, 0.1) is 5.41 Å². The average molecular weight is 254 g/mol. The van der Waals surface area contributed by atoms with Crippen molar-refractivity contribution in [1.82, 2.24) is 9.80 Å². The standard InChI is InChI=1S/C13H22N2O3/c1-13(11(16)17)7-4-8-15(9-13)12(18)14(2)10-5-3-6-10/h10H,3-9H2,1-2H3,(H,16,17). The van der Waals surface area contributed by atoms with E-state index in [-0.39, 0.29) is 6.03 Å². The minimum Gasteiger partial charge on any atom is -0.481 e. The molecule has 1 atom stereocenters. The molecular weight excluding hydrogens is 232 g/mol. The third-order valence-corrected chi connectivity index (χ3v) is 4.41. The van der Waals surface area contributed by atoms with E-state index < -0.39 is 11.4 Å². The van der Waals surface area contributed by atoms with E-state index in [2.05, 4.69) is 0 Å². The number of amides is 2. The summed E-state index contributed by atoms with van der Waals surface area (Å²) in [5.41, 5.74) is -0.783. The monoisotopic (exact) mass is 254 g/mol. The highest BCUT2D eigenvalue weighted by molar-refractivity contribution is 5.78. The van der Waals surface area contributed by atoms with Gasteiger partial charge < -0.3 is 14.9 Å². The molecule has 0 radical (unpaired) electrons.